The van der Waals surface area contributed by atoms with Crippen molar-refractivity contribution in [3.8, 4) is 0 Å². The zero-order chi connectivity index (χ0) is 14.3. The van der Waals surface area contributed by atoms with Gasteiger partial charge in [-0.25, -0.2) is 0 Å². The number of hydrogen-bond acceptors (Lipinski definition) is 0. The van der Waals surface area contributed by atoms with Crippen molar-refractivity contribution in [2.75, 3.05) is 6.16 Å². The van der Waals surface area contributed by atoms with E-state index in [2.05, 4.69) is 78.9 Å². The van der Waals surface area contributed by atoms with Crippen LogP contribution in [0.15, 0.2) is 84.9 Å². The Morgan fingerprint density at radius 1 is 0.667 bits per heavy atom. The van der Waals surface area contributed by atoms with Crippen molar-refractivity contribution in [1.29, 1.82) is 0 Å². The predicted molar refractivity (Wildman–Crippen MR) is 92.9 cm³/mol. The van der Waals surface area contributed by atoms with Crippen LogP contribution in [-0.4, -0.2) is 6.16 Å². The molecule has 0 atom stereocenters. The third-order valence-electron chi connectivity index (χ3n) is 3.55. The standard InChI is InChI=1S/C20H18P/c1-4-10-18(11-5-1)16-17-21(19-12-6-2-7-13-19)20-14-8-3-9-15-20/h2-15H,16-17H2. The van der Waals surface area contributed by atoms with Gasteiger partial charge in [-0.2, -0.15) is 0 Å². The van der Waals surface area contributed by atoms with E-state index in [0.29, 0.717) is 0 Å². The van der Waals surface area contributed by atoms with Gasteiger partial charge >= 0.3 is 0 Å². The average Bonchev–Trinajstić information content (AvgIpc) is 2.58. The molecule has 1 heteroatoms. The van der Waals surface area contributed by atoms with Crippen molar-refractivity contribution in [1.82, 2.24) is 0 Å². The number of rotatable bonds is 5. The molecule has 0 bridgehead atoms. The van der Waals surface area contributed by atoms with Gasteiger partial charge in [-0.15, -0.1) is 0 Å². The van der Waals surface area contributed by atoms with Crippen LogP contribution in [0.25, 0.3) is 0 Å². The molecular formula is C20H18P. The Hall–Kier alpha value is -1.91. The van der Waals surface area contributed by atoms with Crippen molar-refractivity contribution < 1.29 is 0 Å². The maximum atomic E-state index is 3.09. The van der Waals surface area contributed by atoms with E-state index in [1.54, 1.807) is 0 Å². The molecule has 0 aliphatic carbocycles. The van der Waals surface area contributed by atoms with Gasteiger partial charge in [-0.05, 0) is 42.7 Å². The first-order chi connectivity index (χ1) is 10.4. The molecule has 0 heterocycles. The molecule has 3 aromatic carbocycles. The third kappa shape index (κ3) is 3.80. The highest BCUT2D eigenvalue weighted by atomic mass is 31.1. The molecule has 103 valence electrons. The predicted octanol–water partition coefficient (Wildman–Crippen LogP) is 4.16. The Kier molecular flexibility index (Phi) is 4.82. The highest BCUT2D eigenvalue weighted by molar-refractivity contribution is 7.73. The number of aryl methyl sites for hydroxylation is 1. The topological polar surface area (TPSA) is 0 Å². The summed E-state index contributed by atoms with van der Waals surface area (Å²) in [5.74, 6) is 0. The fraction of sp³-hybridized carbons (Fsp3) is 0.100. The maximum Gasteiger partial charge on any atom is -0.0184 e. The summed E-state index contributed by atoms with van der Waals surface area (Å²) < 4.78 is 0. The first-order valence-electron chi connectivity index (χ1n) is 7.26. The van der Waals surface area contributed by atoms with Gasteiger partial charge < -0.3 is 0 Å². The molecule has 3 aromatic rings. The summed E-state index contributed by atoms with van der Waals surface area (Å²) in [6.07, 6.45) is 2.30. The fourth-order valence-corrected chi connectivity index (χ4v) is 4.81. The number of hydrogen-bond donors (Lipinski definition) is 0. The Morgan fingerprint density at radius 3 is 1.71 bits per heavy atom. The summed E-state index contributed by atoms with van der Waals surface area (Å²) in [5, 5.41) is 2.92. The van der Waals surface area contributed by atoms with Crippen molar-refractivity contribution in [3.05, 3.63) is 96.6 Å². The molecule has 0 fully saturated rings. The largest absolute Gasteiger partial charge is 0.0622 e. The van der Waals surface area contributed by atoms with Crippen molar-refractivity contribution in [2.45, 2.75) is 6.42 Å². The third-order valence-corrected chi connectivity index (χ3v) is 6.06. The summed E-state index contributed by atoms with van der Waals surface area (Å²) in [6.45, 7) is 0. The Labute approximate surface area is 128 Å². The van der Waals surface area contributed by atoms with Gasteiger partial charge in [0, 0.05) is 0 Å². The van der Waals surface area contributed by atoms with Crippen molar-refractivity contribution >= 4 is 18.5 Å². The minimum atomic E-state index is -0.285. The first-order valence-corrected chi connectivity index (χ1v) is 8.79. The molecule has 21 heavy (non-hydrogen) atoms. The van der Waals surface area contributed by atoms with Crippen LogP contribution in [0, 0.1) is 6.07 Å². The van der Waals surface area contributed by atoms with Crippen LogP contribution in [0.2, 0.25) is 0 Å². The van der Waals surface area contributed by atoms with Gasteiger partial charge in [-0.1, -0.05) is 84.9 Å². The molecule has 0 aliphatic rings. The molecule has 0 N–H and O–H groups in total. The summed E-state index contributed by atoms with van der Waals surface area (Å²) in [6, 6.07) is 33.2. The zero-order valence-electron chi connectivity index (χ0n) is 11.9. The van der Waals surface area contributed by atoms with Crippen LogP contribution < -0.4 is 10.6 Å². The molecule has 0 saturated heterocycles. The van der Waals surface area contributed by atoms with E-state index in [1.165, 1.54) is 22.3 Å². The van der Waals surface area contributed by atoms with E-state index in [4.69, 9.17) is 0 Å². The second kappa shape index (κ2) is 7.20. The summed E-state index contributed by atoms with van der Waals surface area (Å²) in [4.78, 5) is 0. The second-order valence-corrected chi connectivity index (χ2v) is 7.32. The van der Waals surface area contributed by atoms with E-state index in [9.17, 15) is 0 Å². The van der Waals surface area contributed by atoms with E-state index < -0.39 is 0 Å². The van der Waals surface area contributed by atoms with Gasteiger partial charge in [0.15, 0.2) is 0 Å². The SMILES string of the molecule is [c]1ccc(CCP(c2ccccc2)c2ccccc2)cc1. The number of benzene rings is 3. The van der Waals surface area contributed by atoms with Gasteiger partial charge in [0.05, 0.1) is 0 Å². The molecule has 0 unspecified atom stereocenters. The molecule has 0 nitrogen and oxygen atoms in total. The summed E-state index contributed by atoms with van der Waals surface area (Å²) in [7, 11) is -0.285. The fourth-order valence-electron chi connectivity index (χ4n) is 2.45. The van der Waals surface area contributed by atoms with E-state index in [1.807, 2.05) is 12.1 Å². The van der Waals surface area contributed by atoms with Gasteiger partial charge in [0.2, 0.25) is 0 Å². The molecule has 0 aromatic heterocycles. The summed E-state index contributed by atoms with van der Waals surface area (Å²) in [5.41, 5.74) is 1.40. The zero-order valence-corrected chi connectivity index (χ0v) is 12.8. The van der Waals surface area contributed by atoms with Crippen LogP contribution in [-0.2, 0) is 6.42 Å². The van der Waals surface area contributed by atoms with Gasteiger partial charge in [0.25, 0.3) is 0 Å². The van der Waals surface area contributed by atoms with Crippen molar-refractivity contribution in [3.63, 3.8) is 0 Å². The normalized spacial score (nSPS) is 10.7. The Morgan fingerprint density at radius 2 is 1.19 bits per heavy atom. The van der Waals surface area contributed by atoms with Crippen LogP contribution in [0.4, 0.5) is 0 Å². The van der Waals surface area contributed by atoms with Crippen LogP contribution in [0.1, 0.15) is 5.56 Å². The minimum Gasteiger partial charge on any atom is -0.0622 e. The Balaban J connectivity index is 1.83. The highest BCUT2D eigenvalue weighted by Gasteiger charge is 2.12. The first kappa shape index (κ1) is 14.0. The molecule has 0 aliphatic heterocycles. The quantitative estimate of drug-likeness (QED) is 0.619. The molecule has 0 spiro atoms. The lowest BCUT2D eigenvalue weighted by Gasteiger charge is -2.18. The maximum absolute atomic E-state index is 3.09. The van der Waals surface area contributed by atoms with Crippen LogP contribution in [0.3, 0.4) is 0 Å². The van der Waals surface area contributed by atoms with Crippen molar-refractivity contribution in [2.24, 2.45) is 0 Å². The van der Waals surface area contributed by atoms with E-state index in [0.717, 1.165) is 6.42 Å². The molecule has 0 amide bonds. The lowest BCUT2D eigenvalue weighted by atomic mass is 10.2. The lowest BCUT2D eigenvalue weighted by molar-refractivity contribution is 1.15. The van der Waals surface area contributed by atoms with E-state index in [-0.39, 0.29) is 7.92 Å². The van der Waals surface area contributed by atoms with E-state index >= 15 is 0 Å². The molecule has 3 rings (SSSR count). The Bertz CT molecular complexity index is 608. The monoisotopic (exact) mass is 289 g/mol. The average molecular weight is 289 g/mol. The van der Waals surface area contributed by atoms with Crippen LogP contribution in [0.5, 0.6) is 0 Å². The smallest absolute Gasteiger partial charge is 0.0184 e. The minimum absolute atomic E-state index is 0.285. The molecular weight excluding hydrogens is 271 g/mol. The van der Waals surface area contributed by atoms with Gasteiger partial charge in [0.1, 0.15) is 0 Å². The second-order valence-electron chi connectivity index (χ2n) is 4.98. The van der Waals surface area contributed by atoms with Gasteiger partial charge in [-0.3, -0.25) is 0 Å². The molecule has 0 saturated carbocycles. The lowest BCUT2D eigenvalue weighted by Crippen LogP contribution is -2.14. The van der Waals surface area contributed by atoms with Crippen LogP contribution >= 0.6 is 7.92 Å². The highest BCUT2D eigenvalue weighted by Crippen LogP contribution is 2.34. The summed E-state index contributed by atoms with van der Waals surface area (Å²) >= 11 is 0. The molecule has 1 radical (unpaired) electrons.